The van der Waals surface area contributed by atoms with Crippen LogP contribution in [0.2, 0.25) is 5.02 Å². The molecule has 0 unspecified atom stereocenters. The second-order valence-electron chi connectivity index (χ2n) is 7.29. The van der Waals surface area contributed by atoms with Gasteiger partial charge >= 0.3 is 0 Å². The number of nitrogen functional groups attached to an aromatic ring is 1. The van der Waals surface area contributed by atoms with Gasteiger partial charge in [0.15, 0.2) is 4.21 Å². The molecular formula is C21H20ClN5O3S2. The first-order chi connectivity index (χ1) is 15.1. The van der Waals surface area contributed by atoms with E-state index in [1.807, 2.05) is 19.1 Å². The summed E-state index contributed by atoms with van der Waals surface area (Å²) >= 11 is 6.90. The van der Waals surface area contributed by atoms with Crippen molar-refractivity contribution < 1.29 is 8.42 Å². The number of thiazole rings is 1. The normalized spacial score (nSPS) is 11.9. The molecule has 0 amide bonds. The number of nitrogens with two attached hydrogens (primary N) is 2. The zero-order valence-electron chi connectivity index (χ0n) is 17.3. The van der Waals surface area contributed by atoms with Gasteiger partial charge in [-0.2, -0.15) is 0 Å². The van der Waals surface area contributed by atoms with Crippen LogP contribution in [-0.4, -0.2) is 23.0 Å². The molecule has 32 heavy (non-hydrogen) atoms. The predicted molar refractivity (Wildman–Crippen MR) is 128 cm³/mol. The van der Waals surface area contributed by atoms with E-state index in [2.05, 4.69) is 9.97 Å². The van der Waals surface area contributed by atoms with Gasteiger partial charge in [-0.1, -0.05) is 30.7 Å². The molecule has 0 bridgehead atoms. The molecule has 0 saturated heterocycles. The van der Waals surface area contributed by atoms with Gasteiger partial charge in [0.05, 0.1) is 23.1 Å². The fourth-order valence-electron chi connectivity index (χ4n) is 3.48. The van der Waals surface area contributed by atoms with Crippen molar-refractivity contribution in [3.63, 3.8) is 0 Å². The van der Waals surface area contributed by atoms with Crippen LogP contribution in [0.15, 0.2) is 45.4 Å². The number of fused-ring (bicyclic) bond motifs is 1. The summed E-state index contributed by atoms with van der Waals surface area (Å²) in [6.45, 7) is 3.85. The number of benzene rings is 2. The lowest BCUT2D eigenvalue weighted by Crippen LogP contribution is -2.26. The molecule has 4 rings (SSSR count). The topological polar surface area (TPSA) is 134 Å². The molecule has 0 spiro atoms. The van der Waals surface area contributed by atoms with Crippen molar-refractivity contribution >= 4 is 49.6 Å². The van der Waals surface area contributed by atoms with E-state index in [1.165, 1.54) is 0 Å². The number of aromatic nitrogens is 3. The number of hydrogen-bond acceptors (Lipinski definition) is 7. The summed E-state index contributed by atoms with van der Waals surface area (Å²) in [7, 11) is -3.89. The van der Waals surface area contributed by atoms with Gasteiger partial charge in [-0.15, -0.1) is 11.3 Å². The minimum atomic E-state index is -3.89. The molecule has 8 nitrogen and oxygen atoms in total. The van der Waals surface area contributed by atoms with Gasteiger partial charge < -0.3 is 5.73 Å². The van der Waals surface area contributed by atoms with E-state index in [9.17, 15) is 13.2 Å². The number of anilines is 1. The molecule has 0 atom stereocenters. The van der Waals surface area contributed by atoms with Crippen molar-refractivity contribution in [2.24, 2.45) is 5.14 Å². The molecule has 2 heterocycles. The molecular weight excluding hydrogens is 470 g/mol. The van der Waals surface area contributed by atoms with Crippen LogP contribution < -0.4 is 16.4 Å². The summed E-state index contributed by atoms with van der Waals surface area (Å²) in [5.74, 6) is 0.619. The molecule has 0 radical (unpaired) electrons. The largest absolute Gasteiger partial charge is 0.398 e. The van der Waals surface area contributed by atoms with Crippen LogP contribution in [0.25, 0.3) is 21.5 Å². The zero-order valence-corrected chi connectivity index (χ0v) is 19.7. The molecule has 0 saturated carbocycles. The van der Waals surface area contributed by atoms with Gasteiger partial charge in [0.25, 0.3) is 5.56 Å². The van der Waals surface area contributed by atoms with Crippen LogP contribution in [0.1, 0.15) is 24.0 Å². The molecule has 166 valence electrons. The Hall–Kier alpha value is -2.79. The third-order valence-corrected chi connectivity index (χ3v) is 8.01. The maximum absolute atomic E-state index is 13.3. The number of primary sulfonamides is 1. The van der Waals surface area contributed by atoms with Gasteiger partial charge in [0, 0.05) is 22.7 Å². The van der Waals surface area contributed by atoms with E-state index in [0.29, 0.717) is 56.7 Å². The first-order valence-electron chi connectivity index (χ1n) is 9.66. The highest BCUT2D eigenvalue weighted by molar-refractivity contribution is 7.91. The van der Waals surface area contributed by atoms with Gasteiger partial charge in [0.1, 0.15) is 10.8 Å². The van der Waals surface area contributed by atoms with Crippen molar-refractivity contribution in [3.05, 3.63) is 68.9 Å². The van der Waals surface area contributed by atoms with E-state index in [1.54, 1.807) is 35.8 Å². The summed E-state index contributed by atoms with van der Waals surface area (Å²) < 4.78 is 25.2. The van der Waals surface area contributed by atoms with Crippen molar-refractivity contribution in [1.82, 2.24) is 14.5 Å². The lowest BCUT2D eigenvalue weighted by Gasteiger charge is -2.14. The van der Waals surface area contributed by atoms with Crippen LogP contribution in [-0.2, 0) is 23.0 Å². The third kappa shape index (κ3) is 4.14. The Bertz CT molecular complexity index is 1510. The second-order valence-corrected chi connectivity index (χ2v) is 10.5. The first kappa shape index (κ1) is 22.4. The van der Waals surface area contributed by atoms with E-state index >= 15 is 0 Å². The molecule has 0 fully saturated rings. The summed E-state index contributed by atoms with van der Waals surface area (Å²) in [6, 6.07) is 10.5. The molecule has 0 aliphatic heterocycles. The molecule has 11 heteroatoms. The quantitative estimate of drug-likeness (QED) is 0.413. The van der Waals surface area contributed by atoms with Crippen LogP contribution in [0.4, 0.5) is 5.69 Å². The van der Waals surface area contributed by atoms with E-state index in [-0.39, 0.29) is 9.77 Å². The van der Waals surface area contributed by atoms with Crippen LogP contribution in [0.3, 0.4) is 0 Å². The van der Waals surface area contributed by atoms with Gasteiger partial charge in [0.2, 0.25) is 10.0 Å². The van der Waals surface area contributed by atoms with Gasteiger partial charge in [-0.05, 0) is 36.8 Å². The summed E-state index contributed by atoms with van der Waals surface area (Å²) in [5, 5.41) is 6.66. The van der Waals surface area contributed by atoms with Crippen molar-refractivity contribution in [1.29, 1.82) is 0 Å². The number of nitrogens with zero attached hydrogens (tertiary/aromatic N) is 3. The lowest BCUT2D eigenvalue weighted by atomic mass is 10.1. The number of hydrogen-bond donors (Lipinski definition) is 2. The summed E-state index contributed by atoms with van der Waals surface area (Å²) in [5.41, 5.74) is 8.52. The Labute approximate surface area is 193 Å². The molecule has 4 aromatic rings. The van der Waals surface area contributed by atoms with Crippen molar-refractivity contribution in [3.8, 4) is 10.6 Å². The highest BCUT2D eigenvalue weighted by Gasteiger charge is 2.21. The standard InChI is InChI=1S/C21H20ClN5O3S2/c1-3-18-26-17-9-14(19-25-11(2)21(31-19)32(24,29)30)16(23)8-15(17)20(28)27(18)10-12-4-6-13(22)7-5-12/h4-9H,3,10,23H2,1-2H3,(H2,24,29,30). The monoisotopic (exact) mass is 489 g/mol. The lowest BCUT2D eigenvalue weighted by molar-refractivity contribution is 0.599. The predicted octanol–water partition coefficient (Wildman–Crippen LogP) is 3.32. The van der Waals surface area contributed by atoms with Crippen LogP contribution in [0.5, 0.6) is 0 Å². The molecule has 0 aliphatic carbocycles. The zero-order chi connectivity index (χ0) is 23.2. The Morgan fingerprint density at radius 1 is 1.16 bits per heavy atom. The Balaban J connectivity index is 1.87. The highest BCUT2D eigenvalue weighted by atomic mass is 35.5. The van der Waals surface area contributed by atoms with E-state index < -0.39 is 10.0 Å². The molecule has 0 aliphatic rings. The molecule has 4 N–H and O–H groups in total. The average molecular weight is 490 g/mol. The van der Waals surface area contributed by atoms with E-state index in [4.69, 9.17) is 22.5 Å². The highest BCUT2D eigenvalue weighted by Crippen LogP contribution is 2.35. The smallest absolute Gasteiger partial charge is 0.261 e. The van der Waals surface area contributed by atoms with Crippen LogP contribution in [0, 0.1) is 6.92 Å². The Morgan fingerprint density at radius 2 is 1.84 bits per heavy atom. The third-order valence-electron chi connectivity index (χ3n) is 5.02. The minimum absolute atomic E-state index is 0.0208. The Kier molecular flexibility index (Phi) is 5.80. The number of rotatable bonds is 5. The van der Waals surface area contributed by atoms with Crippen LogP contribution >= 0.6 is 22.9 Å². The first-order valence-corrected chi connectivity index (χ1v) is 12.4. The van der Waals surface area contributed by atoms with Crippen molar-refractivity contribution in [2.75, 3.05) is 5.73 Å². The molecule has 2 aromatic carbocycles. The number of halogens is 1. The Morgan fingerprint density at radius 3 is 2.44 bits per heavy atom. The van der Waals surface area contributed by atoms with Gasteiger partial charge in [-0.25, -0.2) is 23.5 Å². The fraction of sp³-hybridized carbons (Fsp3) is 0.190. The minimum Gasteiger partial charge on any atom is -0.398 e. The molecule has 2 aromatic heterocycles. The fourth-order valence-corrected chi connectivity index (χ4v) is 5.61. The maximum Gasteiger partial charge on any atom is 0.261 e. The number of sulfonamides is 1. The SMILES string of the molecule is CCc1nc2cc(-c3nc(C)c(S(N)(=O)=O)s3)c(N)cc2c(=O)n1Cc1ccc(Cl)cc1. The average Bonchev–Trinajstić information content (AvgIpc) is 3.13. The van der Waals surface area contributed by atoms with Crippen molar-refractivity contribution in [2.45, 2.75) is 31.0 Å². The van der Waals surface area contributed by atoms with E-state index in [0.717, 1.165) is 16.9 Å². The van der Waals surface area contributed by atoms with Gasteiger partial charge in [-0.3, -0.25) is 9.36 Å². The maximum atomic E-state index is 13.3. The number of aryl methyl sites for hydroxylation is 2. The summed E-state index contributed by atoms with van der Waals surface area (Å²) in [6.07, 6.45) is 0.546. The second kappa shape index (κ2) is 8.28. The summed E-state index contributed by atoms with van der Waals surface area (Å²) in [4.78, 5) is 22.3.